The number of pyridine rings is 1. The van der Waals surface area contributed by atoms with Crippen LogP contribution >= 0.6 is 0 Å². The number of hydrogen-bond acceptors (Lipinski definition) is 7. The standard InChI is InChI=1S/C19H23N3O5S/c1-28(25,26)15-4-2-13(3-5-15)10-21-16-12-27-17(18(16)23)11-22-19(24)14-6-8-20-9-7-14/h2-9,16-18,21,23H,10-12H2,1H3,(H,22,24)/t16-,17-,18+/m1/s1. The maximum atomic E-state index is 12.1. The van der Waals surface area contributed by atoms with Crippen LogP contribution in [0.2, 0.25) is 0 Å². The van der Waals surface area contributed by atoms with Crippen LogP contribution in [0, 0.1) is 0 Å². The molecule has 0 spiro atoms. The number of hydrogen-bond donors (Lipinski definition) is 3. The van der Waals surface area contributed by atoms with Gasteiger partial charge in [0.25, 0.3) is 5.91 Å². The third-order valence-corrected chi connectivity index (χ3v) is 5.74. The Bertz CT molecular complexity index is 903. The van der Waals surface area contributed by atoms with Crippen LogP contribution in [0.25, 0.3) is 0 Å². The maximum Gasteiger partial charge on any atom is 0.251 e. The zero-order valence-electron chi connectivity index (χ0n) is 15.4. The summed E-state index contributed by atoms with van der Waals surface area (Å²) < 4.78 is 28.6. The SMILES string of the molecule is CS(=O)(=O)c1ccc(CN[C@@H]2CO[C@H](CNC(=O)c3ccncc3)[C@H]2O)cc1. The first kappa shape index (κ1) is 20.4. The molecule has 0 bridgehead atoms. The molecule has 1 aliphatic rings. The van der Waals surface area contributed by atoms with Crippen molar-refractivity contribution in [2.24, 2.45) is 0 Å². The molecule has 2 heterocycles. The second-order valence-corrected chi connectivity index (χ2v) is 8.73. The van der Waals surface area contributed by atoms with E-state index in [0.717, 1.165) is 5.56 Å². The lowest BCUT2D eigenvalue weighted by molar-refractivity contribution is 0.0398. The number of amides is 1. The summed E-state index contributed by atoms with van der Waals surface area (Å²) in [7, 11) is -3.22. The average molecular weight is 405 g/mol. The number of rotatable bonds is 7. The predicted molar refractivity (Wildman–Crippen MR) is 102 cm³/mol. The first-order valence-electron chi connectivity index (χ1n) is 8.85. The van der Waals surface area contributed by atoms with Crippen LogP contribution in [0.15, 0.2) is 53.7 Å². The van der Waals surface area contributed by atoms with Crippen molar-refractivity contribution in [2.45, 2.75) is 29.7 Å². The quantitative estimate of drug-likeness (QED) is 0.599. The van der Waals surface area contributed by atoms with E-state index in [1.54, 1.807) is 36.4 Å². The van der Waals surface area contributed by atoms with Gasteiger partial charge >= 0.3 is 0 Å². The van der Waals surface area contributed by atoms with E-state index >= 15 is 0 Å². The van der Waals surface area contributed by atoms with Crippen molar-refractivity contribution >= 4 is 15.7 Å². The normalized spacial score (nSPS) is 22.1. The number of benzene rings is 1. The molecule has 0 saturated carbocycles. The average Bonchev–Trinajstić information content (AvgIpc) is 3.04. The van der Waals surface area contributed by atoms with Gasteiger partial charge in [0.2, 0.25) is 0 Å². The zero-order valence-corrected chi connectivity index (χ0v) is 16.2. The summed E-state index contributed by atoms with van der Waals surface area (Å²) in [5.74, 6) is -0.249. The van der Waals surface area contributed by atoms with Gasteiger partial charge in [-0.3, -0.25) is 9.78 Å². The molecule has 1 aliphatic heterocycles. The summed E-state index contributed by atoms with van der Waals surface area (Å²) in [4.78, 5) is 16.2. The molecule has 150 valence electrons. The number of carbonyl (C=O) groups excluding carboxylic acids is 1. The third kappa shape index (κ3) is 5.14. The molecule has 0 aliphatic carbocycles. The molecule has 3 N–H and O–H groups in total. The molecule has 1 fully saturated rings. The van der Waals surface area contributed by atoms with Gasteiger partial charge in [0.15, 0.2) is 9.84 Å². The highest BCUT2D eigenvalue weighted by Gasteiger charge is 2.35. The van der Waals surface area contributed by atoms with Gasteiger partial charge in [-0.2, -0.15) is 0 Å². The van der Waals surface area contributed by atoms with Crippen molar-refractivity contribution in [2.75, 3.05) is 19.4 Å². The van der Waals surface area contributed by atoms with Crippen LogP contribution in [0.5, 0.6) is 0 Å². The number of aliphatic hydroxyl groups excluding tert-OH is 1. The van der Waals surface area contributed by atoms with Crippen LogP contribution in [0.3, 0.4) is 0 Å². The monoisotopic (exact) mass is 405 g/mol. The van der Waals surface area contributed by atoms with Crippen molar-refractivity contribution in [3.8, 4) is 0 Å². The molecule has 0 radical (unpaired) electrons. The Balaban J connectivity index is 1.47. The van der Waals surface area contributed by atoms with E-state index in [1.165, 1.54) is 18.6 Å². The molecule has 1 saturated heterocycles. The minimum Gasteiger partial charge on any atom is -0.389 e. The molecule has 9 heteroatoms. The summed E-state index contributed by atoms with van der Waals surface area (Å²) >= 11 is 0. The van der Waals surface area contributed by atoms with Crippen molar-refractivity contribution < 1.29 is 23.1 Å². The zero-order chi connectivity index (χ0) is 20.1. The van der Waals surface area contributed by atoms with E-state index < -0.39 is 22.0 Å². The second kappa shape index (κ2) is 8.78. The van der Waals surface area contributed by atoms with Gasteiger partial charge < -0.3 is 20.5 Å². The van der Waals surface area contributed by atoms with E-state index in [0.29, 0.717) is 18.7 Å². The van der Waals surface area contributed by atoms with Crippen LogP contribution in [-0.2, 0) is 21.1 Å². The number of nitrogens with one attached hydrogen (secondary N) is 2. The second-order valence-electron chi connectivity index (χ2n) is 6.71. The topological polar surface area (TPSA) is 118 Å². The molecular weight excluding hydrogens is 382 g/mol. The number of carbonyl (C=O) groups is 1. The highest BCUT2D eigenvalue weighted by molar-refractivity contribution is 7.90. The van der Waals surface area contributed by atoms with Gasteiger partial charge in [0.1, 0.15) is 6.10 Å². The Morgan fingerprint density at radius 1 is 1.21 bits per heavy atom. The van der Waals surface area contributed by atoms with Crippen LogP contribution in [-0.4, -0.2) is 62.1 Å². The van der Waals surface area contributed by atoms with E-state index in [1.807, 2.05) is 0 Å². The molecule has 2 aromatic rings. The van der Waals surface area contributed by atoms with E-state index in [4.69, 9.17) is 4.74 Å². The molecule has 1 amide bonds. The minimum atomic E-state index is -3.22. The molecule has 8 nitrogen and oxygen atoms in total. The summed E-state index contributed by atoms with van der Waals surface area (Å²) in [6.45, 7) is 0.979. The van der Waals surface area contributed by atoms with Gasteiger partial charge in [-0.25, -0.2) is 8.42 Å². The Morgan fingerprint density at radius 3 is 2.54 bits per heavy atom. The van der Waals surface area contributed by atoms with Crippen molar-refractivity contribution in [1.82, 2.24) is 15.6 Å². The summed E-state index contributed by atoms with van der Waals surface area (Å²) in [6.07, 6.45) is 2.97. The van der Waals surface area contributed by atoms with Gasteiger partial charge in [-0.15, -0.1) is 0 Å². The Morgan fingerprint density at radius 2 is 1.89 bits per heavy atom. The van der Waals surface area contributed by atoms with Crippen LogP contribution < -0.4 is 10.6 Å². The first-order valence-corrected chi connectivity index (χ1v) is 10.7. The van der Waals surface area contributed by atoms with E-state index in [-0.39, 0.29) is 23.4 Å². The lowest BCUT2D eigenvalue weighted by Gasteiger charge is -2.19. The van der Waals surface area contributed by atoms with E-state index in [2.05, 4.69) is 15.6 Å². The maximum absolute atomic E-state index is 12.1. The number of nitrogens with zero attached hydrogens (tertiary/aromatic N) is 1. The van der Waals surface area contributed by atoms with Crippen molar-refractivity contribution in [3.63, 3.8) is 0 Å². The van der Waals surface area contributed by atoms with Crippen molar-refractivity contribution in [3.05, 3.63) is 59.9 Å². The lowest BCUT2D eigenvalue weighted by Crippen LogP contribution is -2.44. The molecule has 0 unspecified atom stereocenters. The Kier molecular flexibility index (Phi) is 6.40. The number of aliphatic hydroxyl groups is 1. The molecule has 28 heavy (non-hydrogen) atoms. The summed E-state index contributed by atoms with van der Waals surface area (Å²) in [5.41, 5.74) is 1.39. The van der Waals surface area contributed by atoms with Crippen LogP contribution in [0.4, 0.5) is 0 Å². The minimum absolute atomic E-state index is 0.198. The van der Waals surface area contributed by atoms with Gasteiger partial charge in [-0.05, 0) is 29.8 Å². The summed E-state index contributed by atoms with van der Waals surface area (Å²) in [6, 6.07) is 9.53. The number of sulfone groups is 1. The molecule has 3 rings (SSSR count). The molecule has 1 aromatic heterocycles. The third-order valence-electron chi connectivity index (χ3n) is 4.61. The van der Waals surface area contributed by atoms with Gasteiger partial charge in [0, 0.05) is 37.3 Å². The summed E-state index contributed by atoms with van der Waals surface area (Å²) in [5, 5.41) is 16.4. The number of ether oxygens (including phenoxy) is 1. The molecule has 1 aromatic carbocycles. The fraction of sp³-hybridized carbons (Fsp3) is 0.368. The predicted octanol–water partition coefficient (Wildman–Crippen LogP) is 0.133. The largest absolute Gasteiger partial charge is 0.389 e. The molecular formula is C19H23N3O5S. The Labute approximate surface area is 163 Å². The highest BCUT2D eigenvalue weighted by atomic mass is 32.2. The fourth-order valence-electron chi connectivity index (χ4n) is 2.94. The fourth-order valence-corrected chi connectivity index (χ4v) is 3.58. The Hall–Kier alpha value is -2.33. The van der Waals surface area contributed by atoms with Crippen molar-refractivity contribution in [1.29, 1.82) is 0 Å². The highest BCUT2D eigenvalue weighted by Crippen LogP contribution is 2.16. The smallest absolute Gasteiger partial charge is 0.251 e. The molecule has 3 atom stereocenters. The van der Waals surface area contributed by atoms with Gasteiger partial charge in [0.05, 0.1) is 23.6 Å². The number of aromatic nitrogens is 1. The first-order chi connectivity index (χ1) is 13.3. The van der Waals surface area contributed by atoms with Gasteiger partial charge in [-0.1, -0.05) is 12.1 Å². The van der Waals surface area contributed by atoms with E-state index in [9.17, 15) is 18.3 Å². The lowest BCUT2D eigenvalue weighted by atomic mass is 10.1. The van der Waals surface area contributed by atoms with Crippen LogP contribution in [0.1, 0.15) is 15.9 Å².